The maximum Gasteiger partial charge on any atom is 0.241 e. The highest BCUT2D eigenvalue weighted by atomic mass is 16.2. The molecule has 17 heavy (non-hydrogen) atoms. The molecular weight excluding hydrogens is 216 g/mol. The zero-order valence-corrected chi connectivity index (χ0v) is 10.4. The Morgan fingerprint density at radius 3 is 2.94 bits per heavy atom. The highest BCUT2D eigenvalue weighted by Crippen LogP contribution is 2.25. The summed E-state index contributed by atoms with van der Waals surface area (Å²) >= 11 is 0. The van der Waals surface area contributed by atoms with Crippen LogP contribution < -0.4 is 11.1 Å². The molecule has 3 N–H and O–H groups in total. The van der Waals surface area contributed by atoms with Gasteiger partial charge in [0.15, 0.2) is 0 Å². The van der Waals surface area contributed by atoms with Crippen molar-refractivity contribution in [1.82, 2.24) is 15.1 Å². The number of carbonyl (C=O) groups is 1. The lowest BCUT2D eigenvalue weighted by atomic mass is 10.1. The van der Waals surface area contributed by atoms with Gasteiger partial charge >= 0.3 is 0 Å². The van der Waals surface area contributed by atoms with Crippen molar-refractivity contribution in [3.05, 3.63) is 18.0 Å². The van der Waals surface area contributed by atoms with E-state index in [0.717, 1.165) is 18.4 Å². The molecule has 0 spiro atoms. The van der Waals surface area contributed by atoms with Crippen LogP contribution in [-0.2, 0) is 11.8 Å². The molecule has 3 unspecified atom stereocenters. The first-order chi connectivity index (χ1) is 8.06. The molecule has 5 nitrogen and oxygen atoms in total. The molecule has 0 aliphatic heterocycles. The highest BCUT2D eigenvalue weighted by molar-refractivity contribution is 5.83. The van der Waals surface area contributed by atoms with E-state index in [0.29, 0.717) is 12.0 Å². The molecule has 0 radical (unpaired) electrons. The topological polar surface area (TPSA) is 72.9 Å². The third kappa shape index (κ3) is 2.85. The summed E-state index contributed by atoms with van der Waals surface area (Å²) in [5.41, 5.74) is 6.66. The summed E-state index contributed by atoms with van der Waals surface area (Å²) in [6.07, 6.45) is 6.73. The molecule has 94 valence electrons. The standard InChI is InChI=1S/C12H20N4O/c1-8-3-4-10(5-8)15-12(17)11(13)9-6-14-16(2)7-9/h6-8,10-11H,3-5,13H2,1-2H3,(H,15,17). The number of rotatable bonds is 3. The van der Waals surface area contributed by atoms with Gasteiger partial charge in [-0.25, -0.2) is 0 Å². The fourth-order valence-electron chi connectivity index (χ4n) is 2.38. The summed E-state index contributed by atoms with van der Waals surface area (Å²) in [6, 6.07) is -0.320. The Morgan fingerprint density at radius 2 is 2.41 bits per heavy atom. The Kier molecular flexibility index (Phi) is 3.47. The van der Waals surface area contributed by atoms with Crippen LogP contribution in [0.5, 0.6) is 0 Å². The van der Waals surface area contributed by atoms with Crippen molar-refractivity contribution in [2.75, 3.05) is 0 Å². The van der Waals surface area contributed by atoms with Crippen molar-refractivity contribution < 1.29 is 4.79 Å². The van der Waals surface area contributed by atoms with Gasteiger partial charge < -0.3 is 11.1 Å². The molecule has 1 aromatic heterocycles. The summed E-state index contributed by atoms with van der Waals surface area (Å²) in [4.78, 5) is 11.9. The van der Waals surface area contributed by atoms with Crippen molar-refractivity contribution >= 4 is 5.91 Å². The summed E-state index contributed by atoms with van der Waals surface area (Å²) < 4.78 is 1.65. The molecule has 0 aromatic carbocycles. The van der Waals surface area contributed by atoms with Crippen LogP contribution in [0.2, 0.25) is 0 Å². The van der Waals surface area contributed by atoms with E-state index in [1.807, 2.05) is 7.05 Å². The maximum atomic E-state index is 11.9. The number of aromatic nitrogens is 2. The van der Waals surface area contributed by atoms with Gasteiger partial charge in [-0.05, 0) is 25.2 Å². The second-order valence-electron chi connectivity index (χ2n) is 5.05. The molecule has 1 saturated carbocycles. The number of nitrogens with one attached hydrogen (secondary N) is 1. The molecule has 0 saturated heterocycles. The third-order valence-electron chi connectivity index (χ3n) is 3.41. The Labute approximate surface area is 101 Å². The quantitative estimate of drug-likeness (QED) is 0.812. The molecule has 3 atom stereocenters. The Morgan fingerprint density at radius 1 is 1.65 bits per heavy atom. The largest absolute Gasteiger partial charge is 0.352 e. The Bertz CT molecular complexity index is 401. The molecule has 1 aliphatic rings. The lowest BCUT2D eigenvalue weighted by molar-refractivity contribution is -0.123. The molecule has 1 aliphatic carbocycles. The maximum absolute atomic E-state index is 11.9. The van der Waals surface area contributed by atoms with Crippen LogP contribution in [0.25, 0.3) is 0 Å². The van der Waals surface area contributed by atoms with E-state index in [1.54, 1.807) is 17.1 Å². The zero-order valence-electron chi connectivity index (χ0n) is 10.4. The average Bonchev–Trinajstić information content (AvgIpc) is 2.87. The first-order valence-electron chi connectivity index (χ1n) is 6.10. The summed E-state index contributed by atoms with van der Waals surface area (Å²) in [7, 11) is 1.81. The van der Waals surface area contributed by atoms with Crippen LogP contribution in [0.1, 0.15) is 37.8 Å². The van der Waals surface area contributed by atoms with Crippen molar-refractivity contribution in [3.8, 4) is 0 Å². The summed E-state index contributed by atoms with van der Waals surface area (Å²) in [6.45, 7) is 2.22. The zero-order chi connectivity index (χ0) is 12.4. The number of nitrogens with zero attached hydrogens (tertiary/aromatic N) is 2. The van der Waals surface area contributed by atoms with E-state index in [1.165, 1.54) is 6.42 Å². The van der Waals surface area contributed by atoms with Crippen molar-refractivity contribution in [1.29, 1.82) is 0 Å². The predicted molar refractivity (Wildman–Crippen MR) is 65.1 cm³/mol. The average molecular weight is 236 g/mol. The third-order valence-corrected chi connectivity index (χ3v) is 3.41. The lowest BCUT2D eigenvalue weighted by Gasteiger charge is -2.15. The van der Waals surface area contributed by atoms with E-state index in [9.17, 15) is 4.79 Å². The van der Waals surface area contributed by atoms with E-state index >= 15 is 0 Å². The summed E-state index contributed by atoms with van der Waals surface area (Å²) in [5, 5.41) is 7.04. The Balaban J connectivity index is 1.91. The van der Waals surface area contributed by atoms with Gasteiger partial charge in [0.2, 0.25) is 5.91 Å². The van der Waals surface area contributed by atoms with E-state index in [-0.39, 0.29) is 5.91 Å². The molecule has 5 heteroatoms. The number of aryl methyl sites for hydroxylation is 1. The van der Waals surface area contributed by atoms with Crippen LogP contribution in [0.3, 0.4) is 0 Å². The minimum Gasteiger partial charge on any atom is -0.352 e. The van der Waals surface area contributed by atoms with Gasteiger partial charge in [0, 0.05) is 24.8 Å². The van der Waals surface area contributed by atoms with Gasteiger partial charge in [-0.1, -0.05) is 6.92 Å². The second kappa shape index (κ2) is 4.87. The van der Waals surface area contributed by atoms with Gasteiger partial charge in [0.1, 0.15) is 6.04 Å². The van der Waals surface area contributed by atoms with E-state index in [4.69, 9.17) is 5.73 Å². The van der Waals surface area contributed by atoms with Crippen LogP contribution in [0.4, 0.5) is 0 Å². The van der Waals surface area contributed by atoms with Crippen LogP contribution >= 0.6 is 0 Å². The van der Waals surface area contributed by atoms with Gasteiger partial charge in [-0.15, -0.1) is 0 Å². The number of amides is 1. The molecule has 2 rings (SSSR count). The smallest absolute Gasteiger partial charge is 0.241 e. The van der Waals surface area contributed by atoms with Crippen molar-refractivity contribution in [2.24, 2.45) is 18.7 Å². The molecule has 0 bridgehead atoms. The fraction of sp³-hybridized carbons (Fsp3) is 0.667. The first kappa shape index (κ1) is 12.1. The number of hydrogen-bond acceptors (Lipinski definition) is 3. The van der Waals surface area contributed by atoms with Gasteiger partial charge in [0.25, 0.3) is 0 Å². The Hall–Kier alpha value is -1.36. The fourth-order valence-corrected chi connectivity index (χ4v) is 2.38. The normalized spacial score (nSPS) is 25.8. The van der Waals surface area contributed by atoms with Crippen LogP contribution in [-0.4, -0.2) is 21.7 Å². The monoisotopic (exact) mass is 236 g/mol. The van der Waals surface area contributed by atoms with Crippen LogP contribution in [0.15, 0.2) is 12.4 Å². The highest BCUT2D eigenvalue weighted by Gasteiger charge is 2.25. The van der Waals surface area contributed by atoms with Gasteiger partial charge in [-0.3, -0.25) is 9.48 Å². The molecule has 1 heterocycles. The molecule has 1 aromatic rings. The van der Waals surface area contributed by atoms with E-state index in [2.05, 4.69) is 17.3 Å². The van der Waals surface area contributed by atoms with Gasteiger partial charge in [-0.2, -0.15) is 5.10 Å². The predicted octanol–water partition coefficient (Wildman–Crippen LogP) is 0.725. The second-order valence-corrected chi connectivity index (χ2v) is 5.05. The molecule has 1 amide bonds. The van der Waals surface area contributed by atoms with Crippen LogP contribution in [0, 0.1) is 5.92 Å². The lowest BCUT2D eigenvalue weighted by Crippen LogP contribution is -2.39. The molecule has 1 fully saturated rings. The number of carbonyl (C=O) groups excluding carboxylic acids is 1. The SMILES string of the molecule is CC1CCC(NC(=O)C(N)c2cnn(C)c2)C1. The minimum absolute atomic E-state index is 0.0999. The summed E-state index contributed by atoms with van der Waals surface area (Å²) in [5.74, 6) is 0.604. The first-order valence-corrected chi connectivity index (χ1v) is 6.10. The van der Waals surface area contributed by atoms with Crippen molar-refractivity contribution in [2.45, 2.75) is 38.3 Å². The van der Waals surface area contributed by atoms with E-state index < -0.39 is 6.04 Å². The van der Waals surface area contributed by atoms with Crippen molar-refractivity contribution in [3.63, 3.8) is 0 Å². The number of hydrogen-bond donors (Lipinski definition) is 2. The number of nitrogens with two attached hydrogens (primary N) is 1. The molecular formula is C12H20N4O. The van der Waals surface area contributed by atoms with Gasteiger partial charge in [0.05, 0.1) is 6.20 Å². The minimum atomic E-state index is -0.611.